The molecule has 2 aliphatic rings. The number of nitrogens with one attached hydrogen (secondary N) is 1. The topological polar surface area (TPSA) is 140 Å². The van der Waals surface area contributed by atoms with Crippen LogP contribution >= 0.6 is 12.4 Å². The zero-order chi connectivity index (χ0) is 33.3. The molecule has 0 fully saturated rings. The number of benzene rings is 2. The highest BCUT2D eigenvalue weighted by Crippen LogP contribution is 2.40. The highest BCUT2D eigenvalue weighted by Gasteiger charge is 2.45. The molecule has 0 spiro atoms. The highest BCUT2D eigenvalue weighted by molar-refractivity contribution is 5.96. The van der Waals surface area contributed by atoms with E-state index in [0.717, 1.165) is 27.7 Å². The van der Waals surface area contributed by atoms with Crippen molar-refractivity contribution in [2.75, 3.05) is 24.6 Å². The molecule has 0 radical (unpaired) electrons. The van der Waals surface area contributed by atoms with Crippen LogP contribution in [-0.4, -0.2) is 52.1 Å². The first kappa shape index (κ1) is 34.6. The lowest BCUT2D eigenvalue weighted by Crippen LogP contribution is -2.44. The average Bonchev–Trinajstić information content (AvgIpc) is 3.46. The molecule has 48 heavy (non-hydrogen) atoms. The summed E-state index contributed by atoms with van der Waals surface area (Å²) in [5.41, 5.74) is 3.13. The molecule has 2 N–H and O–H groups in total. The number of aliphatic hydroxyl groups is 1. The molecule has 0 unspecified atom stereocenters. The summed E-state index contributed by atoms with van der Waals surface area (Å²) >= 11 is 0. The van der Waals surface area contributed by atoms with Crippen LogP contribution in [0.4, 0.5) is 5.69 Å². The molecule has 0 bridgehead atoms. The number of hydrogen-bond acceptors (Lipinski definition) is 8. The number of ether oxygens (including phenoxy) is 2. The van der Waals surface area contributed by atoms with Crippen LogP contribution in [0.2, 0.25) is 0 Å². The summed E-state index contributed by atoms with van der Waals surface area (Å²) in [6, 6.07) is 16.8. The molecule has 0 saturated heterocycles. The number of aromatic nitrogens is 2. The van der Waals surface area contributed by atoms with Crippen molar-refractivity contribution in [3.8, 4) is 17.1 Å². The predicted octanol–water partition coefficient (Wildman–Crippen LogP) is 4.39. The zero-order valence-corrected chi connectivity index (χ0v) is 28.0. The van der Waals surface area contributed by atoms with Crippen molar-refractivity contribution in [1.82, 2.24) is 14.9 Å². The molecular weight excluding hydrogens is 636 g/mol. The minimum atomic E-state index is -1.88. The maximum absolute atomic E-state index is 13.6. The summed E-state index contributed by atoms with van der Waals surface area (Å²) in [6.07, 6.45) is 1.64. The number of para-hydroxylation sites is 1. The largest absolute Gasteiger partial charge is 0.494 e. The van der Waals surface area contributed by atoms with Crippen molar-refractivity contribution in [1.29, 1.82) is 0 Å². The number of nitrogens with zero attached hydrogens (tertiary/aromatic N) is 3. The quantitative estimate of drug-likeness (QED) is 0.155. The first-order chi connectivity index (χ1) is 22.7. The number of hydrogen-bond donors (Lipinski definition) is 2. The summed E-state index contributed by atoms with van der Waals surface area (Å²) in [7, 11) is 0. The number of anilines is 1. The fourth-order valence-electron chi connectivity index (χ4n) is 6.45. The lowest BCUT2D eigenvalue weighted by molar-refractivity contribution is -0.172. The van der Waals surface area contributed by atoms with Gasteiger partial charge in [-0.1, -0.05) is 39.0 Å². The van der Waals surface area contributed by atoms with E-state index < -0.39 is 11.6 Å². The molecule has 6 rings (SSSR count). The molecule has 1 atom stereocenters. The Labute approximate surface area is 284 Å². The minimum Gasteiger partial charge on any atom is -0.494 e. The van der Waals surface area contributed by atoms with Gasteiger partial charge in [-0.25, -0.2) is 9.78 Å². The van der Waals surface area contributed by atoms with Crippen molar-refractivity contribution < 1.29 is 29.0 Å². The van der Waals surface area contributed by atoms with Crippen molar-refractivity contribution in [3.05, 3.63) is 87.2 Å². The van der Waals surface area contributed by atoms with Gasteiger partial charge in [0, 0.05) is 35.2 Å². The van der Waals surface area contributed by atoms with E-state index in [1.54, 1.807) is 29.4 Å². The Hall–Kier alpha value is -4.74. The molecule has 4 aromatic rings. The van der Waals surface area contributed by atoms with Gasteiger partial charge in [-0.05, 0) is 61.2 Å². The van der Waals surface area contributed by atoms with Crippen LogP contribution in [0.3, 0.4) is 0 Å². The van der Waals surface area contributed by atoms with Gasteiger partial charge in [0.25, 0.3) is 5.56 Å². The summed E-state index contributed by atoms with van der Waals surface area (Å²) in [4.78, 5) is 57.4. The minimum absolute atomic E-state index is 0. The van der Waals surface area contributed by atoms with E-state index in [1.165, 1.54) is 0 Å². The molecule has 11 nitrogen and oxygen atoms in total. The normalized spacial score (nSPS) is 15.9. The van der Waals surface area contributed by atoms with Gasteiger partial charge in [-0.15, -0.1) is 12.4 Å². The van der Waals surface area contributed by atoms with Crippen molar-refractivity contribution >= 4 is 46.8 Å². The van der Waals surface area contributed by atoms with Crippen LogP contribution in [0, 0.1) is 0 Å². The van der Waals surface area contributed by atoms with Gasteiger partial charge in [0.2, 0.25) is 11.8 Å². The number of cyclic esters (lactones) is 1. The number of aryl methyl sites for hydroxylation is 1. The molecule has 0 saturated carbocycles. The number of carbonyl (C=O) groups is 3. The third kappa shape index (κ3) is 6.15. The summed E-state index contributed by atoms with van der Waals surface area (Å²) in [6.45, 7) is 6.33. The highest BCUT2D eigenvalue weighted by atomic mass is 35.5. The van der Waals surface area contributed by atoms with E-state index >= 15 is 0 Å². The maximum atomic E-state index is 13.6. The maximum Gasteiger partial charge on any atom is 0.343 e. The number of carbonyl (C=O) groups excluding carboxylic acids is 3. The number of amides is 2. The molecule has 0 aliphatic carbocycles. The first-order valence-electron chi connectivity index (χ1n) is 16.1. The Kier molecular flexibility index (Phi) is 10.2. The van der Waals surface area contributed by atoms with Gasteiger partial charge in [0.1, 0.15) is 12.4 Å². The van der Waals surface area contributed by atoms with Crippen molar-refractivity contribution in [3.63, 3.8) is 0 Å². The van der Waals surface area contributed by atoms with E-state index in [1.807, 2.05) is 48.5 Å². The lowest BCUT2D eigenvalue weighted by atomic mass is 9.86. The van der Waals surface area contributed by atoms with Crippen LogP contribution < -0.4 is 20.5 Å². The molecule has 2 aromatic carbocycles. The third-order valence-electron chi connectivity index (χ3n) is 9.05. The van der Waals surface area contributed by atoms with Crippen molar-refractivity contribution in [2.24, 2.45) is 0 Å². The van der Waals surface area contributed by atoms with E-state index in [9.17, 15) is 24.3 Å². The van der Waals surface area contributed by atoms with Crippen LogP contribution in [0.1, 0.15) is 62.3 Å². The van der Waals surface area contributed by atoms with Gasteiger partial charge in [0.05, 0.1) is 42.2 Å². The Balaban J connectivity index is 0.00000451. The molecule has 252 valence electrons. The van der Waals surface area contributed by atoms with Gasteiger partial charge < -0.3 is 29.4 Å². The average molecular weight is 675 g/mol. The summed E-state index contributed by atoms with van der Waals surface area (Å²) < 4.78 is 13.0. The smallest absolute Gasteiger partial charge is 0.343 e. The van der Waals surface area contributed by atoms with Crippen molar-refractivity contribution in [2.45, 2.75) is 65.2 Å². The first-order valence-corrected chi connectivity index (χ1v) is 16.1. The lowest BCUT2D eigenvalue weighted by Gasteiger charge is -2.31. The Morgan fingerprint density at radius 1 is 1.08 bits per heavy atom. The van der Waals surface area contributed by atoms with Crippen LogP contribution in [0.15, 0.2) is 59.4 Å². The molecule has 12 heteroatoms. The summed E-state index contributed by atoms with van der Waals surface area (Å²) in [5, 5.41) is 14.8. The molecule has 2 aliphatic heterocycles. The number of esters is 1. The van der Waals surface area contributed by atoms with E-state index in [-0.39, 0.29) is 49.4 Å². The standard InChI is InChI=1S/C36H38N4O7.ClH/c1-4-24-25-17-23(46-16-10-15-39(22-11-8-7-9-12-22)32(42)19-37-31(41)5-2)13-14-29(25)38-33-26(24)20-40-30(33)18-28-27(34(40)43)21-47-35(44)36(28,45)6-3;/h7-9,11-14,17-18,45H,4-6,10,15-16,19-21H2,1-3H3,(H,37,41);1H/t36-;/m0./s1. The molecule has 2 aromatic heterocycles. The SMILES string of the molecule is CCC(=O)NCC(=O)N(CCCOc1ccc2nc3c(c(CC)c2c1)Cn1c-3cc2c(c1=O)COC(=O)[C@]2(O)CC)c1ccccc1.Cl. The zero-order valence-electron chi connectivity index (χ0n) is 27.2. The number of fused-ring (bicyclic) bond motifs is 5. The second-order valence-electron chi connectivity index (χ2n) is 11.8. The molecule has 2 amide bonds. The fraction of sp³-hybridized carbons (Fsp3) is 0.361. The Bertz CT molecular complexity index is 1940. The van der Waals surface area contributed by atoms with Gasteiger partial charge in [0.15, 0.2) is 5.60 Å². The van der Waals surface area contributed by atoms with Gasteiger partial charge >= 0.3 is 5.97 Å². The van der Waals surface area contributed by atoms with E-state index in [0.29, 0.717) is 67.2 Å². The molecular formula is C36H39ClN4O7. The number of halogens is 1. The van der Waals surface area contributed by atoms with E-state index in [2.05, 4.69) is 12.2 Å². The van der Waals surface area contributed by atoms with Crippen LogP contribution in [-0.2, 0) is 44.3 Å². The van der Waals surface area contributed by atoms with Crippen LogP contribution in [0.5, 0.6) is 5.75 Å². The second-order valence-corrected chi connectivity index (χ2v) is 11.8. The summed E-state index contributed by atoms with van der Waals surface area (Å²) in [5.74, 6) is -0.463. The fourth-order valence-corrected chi connectivity index (χ4v) is 6.45. The third-order valence-corrected chi connectivity index (χ3v) is 9.05. The van der Waals surface area contributed by atoms with Gasteiger partial charge in [-0.3, -0.25) is 14.4 Å². The second kappa shape index (κ2) is 14.2. The van der Waals surface area contributed by atoms with Crippen LogP contribution in [0.25, 0.3) is 22.3 Å². The number of pyridine rings is 2. The van der Waals surface area contributed by atoms with Gasteiger partial charge in [-0.2, -0.15) is 0 Å². The Morgan fingerprint density at radius 2 is 1.85 bits per heavy atom. The monoisotopic (exact) mass is 674 g/mol. The predicted molar refractivity (Wildman–Crippen MR) is 183 cm³/mol. The van der Waals surface area contributed by atoms with E-state index in [4.69, 9.17) is 14.5 Å². The number of rotatable bonds is 11. The Morgan fingerprint density at radius 3 is 2.56 bits per heavy atom. The molecule has 4 heterocycles.